The van der Waals surface area contributed by atoms with Gasteiger partial charge in [0.15, 0.2) is 10.9 Å². The maximum absolute atomic E-state index is 12.5. The maximum Gasteiger partial charge on any atom is 0.265 e. The quantitative estimate of drug-likeness (QED) is 0.598. The largest absolute Gasteiger partial charge is 0.494 e. The topological polar surface area (TPSA) is 22.1 Å². The van der Waals surface area contributed by atoms with Crippen molar-refractivity contribution in [1.29, 1.82) is 0 Å². The second-order valence-electron chi connectivity index (χ2n) is 2.45. The highest BCUT2D eigenvalue weighted by molar-refractivity contribution is 6.30. The van der Waals surface area contributed by atoms with Crippen LogP contribution in [0.4, 0.5) is 8.78 Å². The van der Waals surface area contributed by atoms with Crippen LogP contribution in [0.5, 0.6) is 5.75 Å². The zero-order valence-electron chi connectivity index (χ0n) is 7.23. The molecule has 1 aromatic rings. The number of hydrogen-bond donors (Lipinski definition) is 0. The van der Waals surface area contributed by atoms with Crippen LogP contribution < -0.4 is 4.74 Å². The van der Waals surface area contributed by atoms with Gasteiger partial charge in [0.2, 0.25) is 0 Å². The van der Waals surface area contributed by atoms with Crippen LogP contribution in [0.25, 0.3) is 0 Å². The second kappa shape index (κ2) is 4.75. The van der Waals surface area contributed by atoms with Gasteiger partial charge in [0.1, 0.15) is 0 Å². The van der Waals surface area contributed by atoms with Gasteiger partial charge in [-0.1, -0.05) is 11.6 Å². The smallest absolute Gasteiger partial charge is 0.265 e. The third kappa shape index (κ3) is 2.25. The number of alkyl halides is 3. The molecular formula is C8H7Cl2F2NO. The first-order chi connectivity index (χ1) is 6.60. The molecule has 6 heteroatoms. The van der Waals surface area contributed by atoms with E-state index in [9.17, 15) is 8.78 Å². The van der Waals surface area contributed by atoms with Crippen molar-refractivity contribution < 1.29 is 13.5 Å². The highest BCUT2D eigenvalue weighted by Gasteiger charge is 2.17. The Kier molecular flexibility index (Phi) is 3.89. The molecule has 0 bridgehead atoms. The molecule has 0 aliphatic heterocycles. The predicted octanol–water partition coefficient (Wildman–Crippen LogP) is 3.42. The number of rotatable bonds is 3. The molecular weight excluding hydrogens is 235 g/mol. The minimum absolute atomic E-state index is 0.0348. The van der Waals surface area contributed by atoms with Gasteiger partial charge in [-0.2, -0.15) is 0 Å². The van der Waals surface area contributed by atoms with Crippen LogP contribution in [0.2, 0.25) is 5.15 Å². The van der Waals surface area contributed by atoms with Gasteiger partial charge in [-0.25, -0.2) is 13.8 Å². The van der Waals surface area contributed by atoms with Crippen LogP contribution >= 0.6 is 23.2 Å². The number of halogens is 4. The van der Waals surface area contributed by atoms with E-state index in [1.54, 1.807) is 0 Å². The van der Waals surface area contributed by atoms with Crippen molar-refractivity contribution in [3.05, 3.63) is 22.5 Å². The van der Waals surface area contributed by atoms with Gasteiger partial charge in [-0.15, -0.1) is 11.6 Å². The first kappa shape index (κ1) is 11.5. The summed E-state index contributed by atoms with van der Waals surface area (Å²) in [6.45, 7) is 0. The van der Waals surface area contributed by atoms with Crippen LogP contribution in [-0.2, 0) is 5.88 Å². The van der Waals surface area contributed by atoms with Crippen molar-refractivity contribution in [3.63, 3.8) is 0 Å². The average molecular weight is 242 g/mol. The lowest BCUT2D eigenvalue weighted by Gasteiger charge is -2.09. The SMILES string of the molecule is COc1cc(C(F)F)c(CCl)nc1Cl. The summed E-state index contributed by atoms with van der Waals surface area (Å²) in [5.41, 5.74) is -0.172. The first-order valence-electron chi connectivity index (χ1n) is 3.67. The summed E-state index contributed by atoms with van der Waals surface area (Å²) >= 11 is 11.1. The maximum atomic E-state index is 12.5. The molecule has 0 aliphatic carbocycles. The molecule has 0 N–H and O–H groups in total. The molecule has 1 aromatic heterocycles. The summed E-state index contributed by atoms with van der Waals surface area (Å²) in [4.78, 5) is 3.71. The zero-order valence-corrected chi connectivity index (χ0v) is 8.74. The standard InChI is InChI=1S/C8H7Cl2F2NO/c1-14-6-2-4(8(11)12)5(3-9)13-7(6)10/h2,8H,3H2,1H3. The van der Waals surface area contributed by atoms with E-state index < -0.39 is 6.43 Å². The fourth-order valence-electron chi connectivity index (χ4n) is 0.961. The number of methoxy groups -OCH3 is 1. The predicted molar refractivity (Wildman–Crippen MR) is 50.3 cm³/mol. The average Bonchev–Trinajstić information content (AvgIpc) is 2.16. The van der Waals surface area contributed by atoms with Crippen LogP contribution in [0.15, 0.2) is 6.07 Å². The summed E-state index contributed by atoms with van der Waals surface area (Å²) < 4.78 is 29.7. The van der Waals surface area contributed by atoms with Crippen molar-refractivity contribution in [3.8, 4) is 5.75 Å². The minimum atomic E-state index is -2.64. The van der Waals surface area contributed by atoms with E-state index in [-0.39, 0.29) is 28.0 Å². The van der Waals surface area contributed by atoms with Crippen molar-refractivity contribution >= 4 is 23.2 Å². The Bertz CT molecular complexity index is 333. The molecule has 0 radical (unpaired) electrons. The third-order valence-corrected chi connectivity index (χ3v) is 2.16. The second-order valence-corrected chi connectivity index (χ2v) is 3.08. The molecule has 2 nitrogen and oxygen atoms in total. The monoisotopic (exact) mass is 241 g/mol. The highest BCUT2D eigenvalue weighted by atomic mass is 35.5. The van der Waals surface area contributed by atoms with Gasteiger partial charge in [0, 0.05) is 5.56 Å². The fraction of sp³-hybridized carbons (Fsp3) is 0.375. The van der Waals surface area contributed by atoms with Crippen LogP contribution in [0.1, 0.15) is 17.7 Å². The van der Waals surface area contributed by atoms with Gasteiger partial charge in [-0.05, 0) is 6.07 Å². The molecule has 0 atom stereocenters. The van der Waals surface area contributed by atoms with Crippen molar-refractivity contribution in [2.24, 2.45) is 0 Å². The molecule has 78 valence electrons. The minimum Gasteiger partial charge on any atom is -0.494 e. The molecule has 0 spiro atoms. The number of pyridine rings is 1. The van der Waals surface area contributed by atoms with Gasteiger partial charge in [-0.3, -0.25) is 0 Å². The van der Waals surface area contributed by atoms with E-state index >= 15 is 0 Å². The van der Waals surface area contributed by atoms with Gasteiger partial charge < -0.3 is 4.74 Å². The summed E-state index contributed by atoms with van der Waals surface area (Å²) in [6, 6.07) is 1.15. The Morgan fingerprint density at radius 2 is 2.21 bits per heavy atom. The van der Waals surface area contributed by atoms with Crippen LogP contribution in [0, 0.1) is 0 Å². The van der Waals surface area contributed by atoms with E-state index in [4.69, 9.17) is 27.9 Å². The molecule has 0 amide bonds. The molecule has 0 saturated heterocycles. The molecule has 0 aliphatic rings. The molecule has 0 unspecified atom stereocenters. The van der Waals surface area contributed by atoms with Crippen molar-refractivity contribution in [1.82, 2.24) is 4.98 Å². The number of hydrogen-bond acceptors (Lipinski definition) is 2. The fourth-order valence-corrected chi connectivity index (χ4v) is 1.41. The van der Waals surface area contributed by atoms with E-state index in [1.165, 1.54) is 7.11 Å². The van der Waals surface area contributed by atoms with E-state index in [2.05, 4.69) is 4.98 Å². The summed E-state index contributed by atoms with van der Waals surface area (Å²) in [6.07, 6.45) is -2.64. The van der Waals surface area contributed by atoms with E-state index in [0.717, 1.165) is 6.07 Å². The van der Waals surface area contributed by atoms with Crippen LogP contribution in [-0.4, -0.2) is 12.1 Å². The van der Waals surface area contributed by atoms with E-state index in [1.807, 2.05) is 0 Å². The summed E-state index contributed by atoms with van der Waals surface area (Å²) in [5.74, 6) is 0.0134. The normalized spacial score (nSPS) is 10.7. The molecule has 1 rings (SSSR count). The third-order valence-electron chi connectivity index (χ3n) is 1.64. The number of ether oxygens (including phenoxy) is 1. The van der Waals surface area contributed by atoms with Crippen molar-refractivity contribution in [2.75, 3.05) is 7.11 Å². The highest BCUT2D eigenvalue weighted by Crippen LogP contribution is 2.31. The lowest BCUT2D eigenvalue weighted by molar-refractivity contribution is 0.149. The Morgan fingerprint density at radius 1 is 1.57 bits per heavy atom. The number of aromatic nitrogens is 1. The van der Waals surface area contributed by atoms with Crippen LogP contribution in [0.3, 0.4) is 0 Å². The molecule has 0 aromatic carbocycles. The van der Waals surface area contributed by atoms with E-state index in [0.29, 0.717) is 0 Å². The Hall–Kier alpha value is -0.610. The number of nitrogens with zero attached hydrogens (tertiary/aromatic N) is 1. The summed E-state index contributed by atoms with van der Waals surface area (Å²) in [7, 11) is 1.33. The Labute approximate surface area is 89.8 Å². The lowest BCUT2D eigenvalue weighted by atomic mass is 10.2. The molecule has 14 heavy (non-hydrogen) atoms. The van der Waals surface area contributed by atoms with Gasteiger partial charge in [0.25, 0.3) is 6.43 Å². The zero-order chi connectivity index (χ0) is 10.7. The Balaban J connectivity index is 3.25. The molecule has 0 saturated carbocycles. The molecule has 1 heterocycles. The van der Waals surface area contributed by atoms with Gasteiger partial charge in [0.05, 0.1) is 18.7 Å². The van der Waals surface area contributed by atoms with Crippen molar-refractivity contribution in [2.45, 2.75) is 12.3 Å². The van der Waals surface area contributed by atoms with Gasteiger partial charge >= 0.3 is 0 Å². The first-order valence-corrected chi connectivity index (χ1v) is 4.58. The Morgan fingerprint density at radius 3 is 2.64 bits per heavy atom. The lowest BCUT2D eigenvalue weighted by Crippen LogP contribution is -1.99. The summed E-state index contributed by atoms with van der Waals surface area (Å²) in [5, 5.41) is 0.0348. The molecule has 0 fully saturated rings.